The zero-order chi connectivity index (χ0) is 17.4. The number of para-hydroxylation sites is 1. The fourth-order valence-electron chi connectivity index (χ4n) is 2.98. The Morgan fingerprint density at radius 1 is 1.12 bits per heavy atom. The average molecular weight is 332 g/mol. The molecule has 3 aromatic heterocycles. The first-order chi connectivity index (χ1) is 12.2. The monoisotopic (exact) mass is 332 g/mol. The molecule has 0 saturated carbocycles. The number of pyridine rings is 2. The van der Waals surface area contributed by atoms with Crippen LogP contribution in [0.3, 0.4) is 0 Å². The second-order valence-corrected chi connectivity index (χ2v) is 5.64. The normalized spacial score (nSPS) is 11.0. The van der Waals surface area contributed by atoms with E-state index in [9.17, 15) is 4.79 Å². The lowest BCUT2D eigenvalue weighted by molar-refractivity contribution is 0.573. The van der Waals surface area contributed by atoms with Crippen LogP contribution in [-0.2, 0) is 0 Å². The van der Waals surface area contributed by atoms with E-state index in [0.717, 1.165) is 16.8 Å². The van der Waals surface area contributed by atoms with Gasteiger partial charge in [-0.05, 0) is 31.2 Å². The SMILES string of the molecule is CNc1c(-c2ncco2)c(=O)n(-c2ccccc2)c2nc(C)ccc12. The van der Waals surface area contributed by atoms with Gasteiger partial charge in [0.1, 0.15) is 17.5 Å². The number of oxazole rings is 1. The second-order valence-electron chi connectivity index (χ2n) is 5.64. The molecule has 4 rings (SSSR count). The largest absolute Gasteiger partial charge is 0.444 e. The van der Waals surface area contributed by atoms with Crippen LogP contribution in [0.2, 0.25) is 0 Å². The Morgan fingerprint density at radius 3 is 2.60 bits per heavy atom. The van der Waals surface area contributed by atoms with Gasteiger partial charge < -0.3 is 9.73 Å². The molecule has 1 N–H and O–H groups in total. The molecular formula is C19H16N4O2. The number of hydrogen-bond donors (Lipinski definition) is 1. The highest BCUT2D eigenvalue weighted by molar-refractivity contribution is 5.97. The Balaban J connectivity index is 2.22. The van der Waals surface area contributed by atoms with E-state index in [1.807, 2.05) is 49.4 Å². The van der Waals surface area contributed by atoms with E-state index in [4.69, 9.17) is 4.42 Å². The van der Waals surface area contributed by atoms with E-state index in [2.05, 4.69) is 15.3 Å². The fraction of sp³-hybridized carbons (Fsp3) is 0.105. The van der Waals surface area contributed by atoms with Gasteiger partial charge in [-0.15, -0.1) is 0 Å². The minimum Gasteiger partial charge on any atom is -0.444 e. The van der Waals surface area contributed by atoms with Gasteiger partial charge >= 0.3 is 0 Å². The van der Waals surface area contributed by atoms with Crippen molar-refractivity contribution in [2.75, 3.05) is 12.4 Å². The predicted octanol–water partition coefficient (Wildman–Crippen LogP) is 3.39. The number of benzene rings is 1. The molecule has 0 amide bonds. The van der Waals surface area contributed by atoms with Gasteiger partial charge in [0.2, 0.25) is 5.89 Å². The fourth-order valence-corrected chi connectivity index (χ4v) is 2.98. The third-order valence-corrected chi connectivity index (χ3v) is 4.07. The molecule has 0 aliphatic heterocycles. The predicted molar refractivity (Wildman–Crippen MR) is 97.1 cm³/mol. The summed E-state index contributed by atoms with van der Waals surface area (Å²) in [6.07, 6.45) is 2.98. The minimum absolute atomic E-state index is 0.233. The summed E-state index contributed by atoms with van der Waals surface area (Å²) in [4.78, 5) is 22.1. The molecule has 0 aliphatic carbocycles. The van der Waals surface area contributed by atoms with Crippen LogP contribution < -0.4 is 10.9 Å². The van der Waals surface area contributed by atoms with Crippen LogP contribution in [0.5, 0.6) is 0 Å². The molecule has 0 aliphatic rings. The molecule has 0 spiro atoms. The molecule has 0 radical (unpaired) electrons. The maximum absolute atomic E-state index is 13.4. The summed E-state index contributed by atoms with van der Waals surface area (Å²) in [7, 11) is 1.77. The first kappa shape index (κ1) is 15.1. The summed E-state index contributed by atoms with van der Waals surface area (Å²) in [5, 5.41) is 3.94. The van der Waals surface area contributed by atoms with Crippen molar-refractivity contribution in [1.29, 1.82) is 0 Å². The lowest BCUT2D eigenvalue weighted by Gasteiger charge is -2.16. The minimum atomic E-state index is -0.233. The average Bonchev–Trinajstić information content (AvgIpc) is 3.15. The molecule has 1 aromatic carbocycles. The Labute approximate surface area is 143 Å². The number of fused-ring (bicyclic) bond motifs is 1. The number of anilines is 1. The lowest BCUT2D eigenvalue weighted by Crippen LogP contribution is -2.23. The Hall–Kier alpha value is -3.41. The van der Waals surface area contributed by atoms with Crippen LogP contribution in [-0.4, -0.2) is 21.6 Å². The number of nitrogens with zero attached hydrogens (tertiary/aromatic N) is 3. The molecule has 0 atom stereocenters. The highest BCUT2D eigenvalue weighted by atomic mass is 16.3. The summed E-state index contributed by atoms with van der Waals surface area (Å²) in [5.41, 5.74) is 2.98. The first-order valence-electron chi connectivity index (χ1n) is 7.90. The van der Waals surface area contributed by atoms with Crippen LogP contribution in [0.15, 0.2) is 64.1 Å². The van der Waals surface area contributed by atoms with Gasteiger partial charge in [0.25, 0.3) is 5.56 Å². The molecule has 4 aromatic rings. The summed E-state index contributed by atoms with van der Waals surface area (Å²) in [6.45, 7) is 1.90. The van der Waals surface area contributed by atoms with Crippen molar-refractivity contribution >= 4 is 16.7 Å². The van der Waals surface area contributed by atoms with Crippen LogP contribution in [0.25, 0.3) is 28.2 Å². The van der Waals surface area contributed by atoms with E-state index in [1.54, 1.807) is 11.6 Å². The summed E-state index contributed by atoms with van der Waals surface area (Å²) in [6, 6.07) is 13.3. The lowest BCUT2D eigenvalue weighted by atomic mass is 10.1. The van der Waals surface area contributed by atoms with E-state index in [1.165, 1.54) is 12.5 Å². The van der Waals surface area contributed by atoms with Crippen LogP contribution in [0.4, 0.5) is 5.69 Å². The Morgan fingerprint density at radius 2 is 1.92 bits per heavy atom. The van der Waals surface area contributed by atoms with Crippen molar-refractivity contribution in [3.05, 3.63) is 71.0 Å². The van der Waals surface area contributed by atoms with E-state index in [-0.39, 0.29) is 11.4 Å². The molecule has 3 heterocycles. The van der Waals surface area contributed by atoms with Gasteiger partial charge in [-0.1, -0.05) is 18.2 Å². The Bertz CT molecular complexity index is 1100. The van der Waals surface area contributed by atoms with Crippen molar-refractivity contribution in [3.8, 4) is 17.1 Å². The molecule has 25 heavy (non-hydrogen) atoms. The van der Waals surface area contributed by atoms with E-state index in [0.29, 0.717) is 16.9 Å². The number of rotatable bonds is 3. The van der Waals surface area contributed by atoms with Crippen LogP contribution in [0.1, 0.15) is 5.69 Å². The van der Waals surface area contributed by atoms with Crippen LogP contribution in [0, 0.1) is 6.92 Å². The van der Waals surface area contributed by atoms with Crippen molar-refractivity contribution in [2.45, 2.75) is 6.92 Å². The van der Waals surface area contributed by atoms with Crippen LogP contribution >= 0.6 is 0 Å². The smallest absolute Gasteiger partial charge is 0.271 e. The van der Waals surface area contributed by atoms with E-state index < -0.39 is 0 Å². The maximum atomic E-state index is 13.4. The molecule has 124 valence electrons. The number of hydrogen-bond acceptors (Lipinski definition) is 5. The third-order valence-electron chi connectivity index (χ3n) is 4.07. The van der Waals surface area contributed by atoms with E-state index >= 15 is 0 Å². The second kappa shape index (κ2) is 5.90. The highest BCUT2D eigenvalue weighted by Gasteiger charge is 2.22. The number of nitrogens with one attached hydrogen (secondary N) is 1. The highest BCUT2D eigenvalue weighted by Crippen LogP contribution is 2.31. The van der Waals surface area contributed by atoms with Gasteiger partial charge in [0.15, 0.2) is 0 Å². The quantitative estimate of drug-likeness (QED) is 0.622. The van der Waals surface area contributed by atoms with Gasteiger partial charge in [-0.3, -0.25) is 9.36 Å². The molecule has 0 unspecified atom stereocenters. The molecule has 0 bridgehead atoms. The van der Waals surface area contributed by atoms with Crippen molar-refractivity contribution in [1.82, 2.24) is 14.5 Å². The summed E-state index contributed by atoms with van der Waals surface area (Å²) < 4.78 is 7.02. The molecular weight excluding hydrogens is 316 g/mol. The van der Waals surface area contributed by atoms with Gasteiger partial charge in [0, 0.05) is 18.1 Å². The van der Waals surface area contributed by atoms with Gasteiger partial charge in [0.05, 0.1) is 17.6 Å². The zero-order valence-corrected chi connectivity index (χ0v) is 13.9. The maximum Gasteiger partial charge on any atom is 0.271 e. The molecule has 0 fully saturated rings. The molecule has 0 saturated heterocycles. The topological polar surface area (TPSA) is 73.0 Å². The van der Waals surface area contributed by atoms with Gasteiger partial charge in [-0.25, -0.2) is 9.97 Å². The van der Waals surface area contributed by atoms with Crippen molar-refractivity contribution in [2.24, 2.45) is 0 Å². The Kier molecular flexibility index (Phi) is 3.57. The number of aromatic nitrogens is 3. The molecule has 6 heteroatoms. The number of aryl methyl sites for hydroxylation is 1. The summed E-state index contributed by atoms with van der Waals surface area (Å²) >= 11 is 0. The zero-order valence-electron chi connectivity index (χ0n) is 13.9. The summed E-state index contributed by atoms with van der Waals surface area (Å²) in [5.74, 6) is 0.279. The van der Waals surface area contributed by atoms with Gasteiger partial charge in [-0.2, -0.15) is 0 Å². The first-order valence-corrected chi connectivity index (χ1v) is 7.90. The third kappa shape index (κ3) is 2.39. The van der Waals surface area contributed by atoms with Crippen molar-refractivity contribution in [3.63, 3.8) is 0 Å². The standard InChI is InChI=1S/C19H16N4O2/c1-12-8-9-14-16(20-2)15(18-21-10-11-25-18)19(24)23(17(14)22-12)13-6-4-3-5-7-13/h3-11,20H,1-2H3. The van der Waals surface area contributed by atoms with Crippen molar-refractivity contribution < 1.29 is 4.42 Å². The molecule has 6 nitrogen and oxygen atoms in total.